The zero-order chi connectivity index (χ0) is 22.2. The van der Waals surface area contributed by atoms with E-state index in [-0.39, 0.29) is 5.91 Å². The van der Waals surface area contributed by atoms with Gasteiger partial charge in [-0.1, -0.05) is 42.5 Å². The van der Waals surface area contributed by atoms with Gasteiger partial charge in [-0.25, -0.2) is 0 Å². The number of likely N-dealkylation sites (tertiary alicyclic amines) is 1. The van der Waals surface area contributed by atoms with Crippen LogP contribution >= 0.6 is 0 Å². The topological polar surface area (TPSA) is 84.9 Å². The van der Waals surface area contributed by atoms with Gasteiger partial charge in [0.05, 0.1) is 18.2 Å². The average Bonchev–Trinajstić information content (AvgIpc) is 2.79. The van der Waals surface area contributed by atoms with Crippen LogP contribution in [0.3, 0.4) is 0 Å². The van der Waals surface area contributed by atoms with Crippen LogP contribution in [0.5, 0.6) is 5.75 Å². The number of amides is 2. The molecule has 1 saturated heterocycles. The van der Waals surface area contributed by atoms with E-state index < -0.39 is 23.9 Å². The first kappa shape index (κ1) is 22.3. The highest BCUT2D eigenvalue weighted by molar-refractivity contribution is 5.97. The lowest BCUT2D eigenvalue weighted by Gasteiger charge is -2.31. The average molecular weight is 424 g/mol. The number of piperidine rings is 1. The molecular formula is C24H28N2O5. The minimum Gasteiger partial charge on any atom is -0.492 e. The van der Waals surface area contributed by atoms with E-state index in [4.69, 9.17) is 9.47 Å². The molecule has 0 unspecified atom stereocenters. The third kappa shape index (κ3) is 5.84. The van der Waals surface area contributed by atoms with Crippen LogP contribution < -0.4 is 10.1 Å². The van der Waals surface area contributed by atoms with Crippen molar-refractivity contribution < 1.29 is 23.9 Å². The van der Waals surface area contributed by atoms with Crippen LogP contribution in [0.1, 0.15) is 38.4 Å². The second-order valence-electron chi connectivity index (χ2n) is 7.45. The molecule has 0 aliphatic carbocycles. The Labute approximate surface area is 182 Å². The van der Waals surface area contributed by atoms with Crippen molar-refractivity contribution >= 4 is 23.5 Å². The van der Waals surface area contributed by atoms with Gasteiger partial charge in [-0.15, -0.1) is 0 Å². The number of hydrogen-bond donors (Lipinski definition) is 1. The van der Waals surface area contributed by atoms with Crippen molar-refractivity contribution in [3.05, 3.63) is 60.2 Å². The molecule has 7 nitrogen and oxygen atoms in total. The van der Waals surface area contributed by atoms with Crippen molar-refractivity contribution in [3.8, 4) is 5.75 Å². The summed E-state index contributed by atoms with van der Waals surface area (Å²) in [5, 5.41) is 2.82. The van der Waals surface area contributed by atoms with Crippen LogP contribution in [0, 0.1) is 5.92 Å². The smallest absolute Gasteiger partial charge is 0.311 e. The summed E-state index contributed by atoms with van der Waals surface area (Å²) in [7, 11) is 0. The molecule has 7 heteroatoms. The highest BCUT2D eigenvalue weighted by Crippen LogP contribution is 2.28. The molecule has 0 spiro atoms. The Kier molecular flexibility index (Phi) is 7.65. The Morgan fingerprint density at radius 2 is 1.81 bits per heavy atom. The number of nitrogens with one attached hydrogen (secondary N) is 1. The molecule has 164 valence electrons. The number of esters is 1. The van der Waals surface area contributed by atoms with Crippen molar-refractivity contribution in [3.63, 3.8) is 0 Å². The van der Waals surface area contributed by atoms with E-state index >= 15 is 0 Å². The molecule has 3 rings (SSSR count). The van der Waals surface area contributed by atoms with Crippen molar-refractivity contribution in [1.29, 1.82) is 0 Å². The lowest BCUT2D eigenvalue weighted by atomic mass is 9.98. The molecule has 1 N–H and O–H groups in total. The summed E-state index contributed by atoms with van der Waals surface area (Å²) in [5.74, 6) is -0.922. The third-order valence-corrected chi connectivity index (χ3v) is 5.22. The van der Waals surface area contributed by atoms with Gasteiger partial charge in [-0.2, -0.15) is 0 Å². The Hall–Kier alpha value is -3.35. The molecule has 1 aliphatic heterocycles. The van der Waals surface area contributed by atoms with E-state index in [0.717, 1.165) is 6.42 Å². The first-order valence-electron chi connectivity index (χ1n) is 10.5. The zero-order valence-electron chi connectivity index (χ0n) is 17.9. The first-order valence-corrected chi connectivity index (χ1v) is 10.5. The number of ether oxygens (including phenoxy) is 2. The number of rotatable bonds is 7. The zero-order valence-corrected chi connectivity index (χ0v) is 17.9. The van der Waals surface area contributed by atoms with Gasteiger partial charge in [0.25, 0.3) is 5.91 Å². The van der Waals surface area contributed by atoms with Crippen molar-refractivity contribution in [2.75, 3.05) is 25.0 Å². The number of benzene rings is 2. The Morgan fingerprint density at radius 3 is 2.52 bits per heavy atom. The van der Waals surface area contributed by atoms with Gasteiger partial charge in [0, 0.05) is 25.6 Å². The van der Waals surface area contributed by atoms with Crippen LogP contribution in [0.25, 0.3) is 0 Å². The number of nitrogens with zero attached hydrogens (tertiary/aromatic N) is 1. The molecule has 1 heterocycles. The second kappa shape index (κ2) is 10.6. The van der Waals surface area contributed by atoms with E-state index in [0.29, 0.717) is 43.1 Å². The summed E-state index contributed by atoms with van der Waals surface area (Å²) in [6.07, 6.45) is 0.235. The largest absolute Gasteiger partial charge is 0.492 e. The molecule has 0 radical (unpaired) electrons. The predicted molar refractivity (Wildman–Crippen MR) is 116 cm³/mol. The highest BCUT2D eigenvalue weighted by Gasteiger charge is 2.33. The van der Waals surface area contributed by atoms with Crippen LogP contribution in [0.2, 0.25) is 0 Å². The van der Waals surface area contributed by atoms with Gasteiger partial charge < -0.3 is 19.7 Å². The maximum absolute atomic E-state index is 13.2. The first-order chi connectivity index (χ1) is 15.0. The van der Waals surface area contributed by atoms with Gasteiger partial charge >= 0.3 is 5.97 Å². The lowest BCUT2D eigenvalue weighted by Crippen LogP contribution is -2.42. The van der Waals surface area contributed by atoms with E-state index in [1.165, 1.54) is 6.92 Å². The summed E-state index contributed by atoms with van der Waals surface area (Å²) in [4.78, 5) is 39.4. The van der Waals surface area contributed by atoms with E-state index in [2.05, 4.69) is 5.32 Å². The van der Waals surface area contributed by atoms with Crippen molar-refractivity contribution in [2.45, 2.75) is 32.8 Å². The summed E-state index contributed by atoms with van der Waals surface area (Å²) >= 11 is 0. The van der Waals surface area contributed by atoms with Crippen LogP contribution in [0.4, 0.5) is 5.69 Å². The quantitative estimate of drug-likeness (QED) is 0.687. The van der Waals surface area contributed by atoms with E-state index in [1.807, 2.05) is 19.1 Å². The molecular weight excluding hydrogens is 396 g/mol. The fraction of sp³-hybridized carbons (Fsp3) is 0.375. The molecule has 0 aromatic heterocycles. The highest BCUT2D eigenvalue weighted by atomic mass is 16.5. The SMILES string of the molecule is CCOc1ccccc1NC(=O)[C@@H](OC(=O)[C@@H]1CCCN(C(C)=O)C1)c1ccccc1. The number of anilines is 1. The van der Waals surface area contributed by atoms with Gasteiger partial charge in [0.2, 0.25) is 12.0 Å². The fourth-order valence-corrected chi connectivity index (χ4v) is 3.62. The number of carbonyl (C=O) groups is 3. The summed E-state index contributed by atoms with van der Waals surface area (Å²) in [6.45, 7) is 4.75. The lowest BCUT2D eigenvalue weighted by molar-refractivity contribution is -0.161. The molecule has 31 heavy (non-hydrogen) atoms. The number of para-hydroxylation sites is 2. The van der Waals surface area contributed by atoms with E-state index in [1.54, 1.807) is 47.4 Å². The van der Waals surface area contributed by atoms with Crippen molar-refractivity contribution in [1.82, 2.24) is 4.90 Å². The third-order valence-electron chi connectivity index (χ3n) is 5.22. The standard InChI is InChI=1S/C24H28N2O5/c1-3-30-21-14-8-7-13-20(21)25-23(28)22(18-10-5-4-6-11-18)31-24(29)19-12-9-15-26(16-19)17(2)27/h4-8,10-11,13-14,19,22H,3,9,12,15-16H2,1-2H3,(H,25,28)/t19-,22+/m1/s1. The Morgan fingerprint density at radius 1 is 1.10 bits per heavy atom. The van der Waals surface area contributed by atoms with E-state index in [9.17, 15) is 14.4 Å². The monoisotopic (exact) mass is 424 g/mol. The van der Waals surface area contributed by atoms with Gasteiger partial charge in [-0.3, -0.25) is 14.4 Å². The van der Waals surface area contributed by atoms with Crippen LogP contribution in [0.15, 0.2) is 54.6 Å². The van der Waals surface area contributed by atoms with Gasteiger partial charge in [0.15, 0.2) is 0 Å². The number of hydrogen-bond acceptors (Lipinski definition) is 5. The molecule has 2 aromatic carbocycles. The Balaban J connectivity index is 1.78. The maximum Gasteiger partial charge on any atom is 0.311 e. The minimum atomic E-state index is -1.11. The molecule has 0 saturated carbocycles. The molecule has 1 aliphatic rings. The molecule has 1 fully saturated rings. The van der Waals surface area contributed by atoms with Crippen molar-refractivity contribution in [2.24, 2.45) is 5.92 Å². The summed E-state index contributed by atoms with van der Waals surface area (Å²) in [6, 6.07) is 16.0. The second-order valence-corrected chi connectivity index (χ2v) is 7.45. The van der Waals surface area contributed by atoms with Gasteiger partial charge in [0.1, 0.15) is 5.75 Å². The van der Waals surface area contributed by atoms with Gasteiger partial charge in [-0.05, 0) is 31.9 Å². The number of carbonyl (C=O) groups excluding carboxylic acids is 3. The molecule has 2 atom stereocenters. The predicted octanol–water partition coefficient (Wildman–Crippen LogP) is 3.57. The molecule has 0 bridgehead atoms. The summed E-state index contributed by atoms with van der Waals surface area (Å²) in [5.41, 5.74) is 1.08. The summed E-state index contributed by atoms with van der Waals surface area (Å²) < 4.78 is 11.3. The van der Waals surface area contributed by atoms with Crippen LogP contribution in [-0.2, 0) is 19.1 Å². The Bertz CT molecular complexity index is 915. The molecule has 2 amide bonds. The maximum atomic E-state index is 13.2. The minimum absolute atomic E-state index is 0.0672. The molecule has 2 aromatic rings. The normalized spacial score (nSPS) is 16.8. The van der Waals surface area contributed by atoms with Crippen LogP contribution in [-0.4, -0.2) is 42.4 Å². The fourth-order valence-electron chi connectivity index (χ4n) is 3.62.